The lowest BCUT2D eigenvalue weighted by Gasteiger charge is -2.31. The number of hydrogen-bond donors (Lipinski definition) is 1. The van der Waals surface area contributed by atoms with Gasteiger partial charge in [-0.25, -0.2) is 4.79 Å². The first kappa shape index (κ1) is 17.9. The van der Waals surface area contributed by atoms with Crippen LogP contribution in [0.2, 0.25) is 5.02 Å². The number of nitrogens with zero attached hydrogens (tertiary/aromatic N) is 1. The maximum absolute atomic E-state index is 12.2. The number of hydrogen-bond acceptors (Lipinski definition) is 4. The minimum absolute atomic E-state index is 0.117. The van der Waals surface area contributed by atoms with Gasteiger partial charge in [0.1, 0.15) is 24.1 Å². The van der Waals surface area contributed by atoms with Gasteiger partial charge in [0.05, 0.1) is 6.04 Å². The predicted molar refractivity (Wildman–Crippen MR) is 88.9 cm³/mol. The average molecular weight is 342 g/mol. The van der Waals surface area contributed by atoms with E-state index in [1.165, 1.54) is 0 Å². The Hall–Kier alpha value is -1.46. The fraction of sp³-hybridized carbons (Fsp3) is 0.588. The van der Waals surface area contributed by atoms with Crippen molar-refractivity contribution in [3.63, 3.8) is 0 Å². The van der Waals surface area contributed by atoms with E-state index in [2.05, 4.69) is 0 Å². The number of benzene rings is 1. The van der Waals surface area contributed by atoms with Crippen LogP contribution >= 0.6 is 11.6 Å². The van der Waals surface area contributed by atoms with Gasteiger partial charge < -0.3 is 19.5 Å². The van der Waals surface area contributed by atoms with Crippen LogP contribution in [0, 0.1) is 0 Å². The molecule has 1 aromatic carbocycles. The van der Waals surface area contributed by atoms with Crippen molar-refractivity contribution in [2.75, 3.05) is 13.2 Å². The van der Waals surface area contributed by atoms with E-state index in [1.54, 1.807) is 29.2 Å². The zero-order valence-electron chi connectivity index (χ0n) is 13.8. The van der Waals surface area contributed by atoms with Crippen LogP contribution in [-0.4, -0.2) is 47.0 Å². The van der Waals surface area contributed by atoms with Gasteiger partial charge in [0.25, 0.3) is 0 Å². The number of ether oxygens (including phenoxy) is 2. The van der Waals surface area contributed by atoms with Gasteiger partial charge in [-0.1, -0.05) is 11.6 Å². The Balaban J connectivity index is 1.91. The third kappa shape index (κ3) is 5.29. The van der Waals surface area contributed by atoms with Crippen molar-refractivity contribution >= 4 is 17.7 Å². The Morgan fingerprint density at radius 3 is 2.65 bits per heavy atom. The third-order valence-corrected chi connectivity index (χ3v) is 3.86. The van der Waals surface area contributed by atoms with Gasteiger partial charge in [-0.15, -0.1) is 0 Å². The molecule has 0 bridgehead atoms. The van der Waals surface area contributed by atoms with Crippen molar-refractivity contribution in [2.24, 2.45) is 0 Å². The van der Waals surface area contributed by atoms with Gasteiger partial charge in [0, 0.05) is 11.6 Å². The summed E-state index contributed by atoms with van der Waals surface area (Å²) in [6.45, 7) is 6.20. The van der Waals surface area contributed by atoms with Gasteiger partial charge in [-0.2, -0.15) is 0 Å². The number of carbonyl (C=O) groups excluding carboxylic acids is 1. The van der Waals surface area contributed by atoms with Crippen LogP contribution in [0.15, 0.2) is 24.3 Å². The molecular weight excluding hydrogens is 318 g/mol. The molecular formula is C17H24ClNO4. The second-order valence-corrected chi connectivity index (χ2v) is 7.15. The molecule has 1 aliphatic heterocycles. The monoisotopic (exact) mass is 341 g/mol. The first-order valence-electron chi connectivity index (χ1n) is 7.82. The van der Waals surface area contributed by atoms with E-state index in [4.69, 9.17) is 21.1 Å². The summed E-state index contributed by atoms with van der Waals surface area (Å²) in [6, 6.07) is 6.67. The number of rotatable bonds is 4. The maximum Gasteiger partial charge on any atom is 0.410 e. The normalized spacial score (nSPS) is 19.5. The summed E-state index contributed by atoms with van der Waals surface area (Å²) in [5, 5.41) is 11.0. The fourth-order valence-electron chi connectivity index (χ4n) is 2.56. The Bertz CT molecular complexity index is 526. The minimum Gasteiger partial charge on any atom is -0.491 e. The van der Waals surface area contributed by atoms with Crippen LogP contribution in [0.5, 0.6) is 5.75 Å². The summed E-state index contributed by atoms with van der Waals surface area (Å²) in [4.78, 5) is 13.8. The Morgan fingerprint density at radius 1 is 1.39 bits per heavy atom. The molecule has 1 saturated heterocycles. The van der Waals surface area contributed by atoms with Crippen molar-refractivity contribution in [2.45, 2.75) is 51.4 Å². The smallest absolute Gasteiger partial charge is 0.410 e. The van der Waals surface area contributed by atoms with Crippen molar-refractivity contribution < 1.29 is 19.4 Å². The number of likely N-dealkylation sites (tertiary alicyclic amines) is 1. The topological polar surface area (TPSA) is 59.0 Å². The van der Waals surface area contributed by atoms with E-state index in [9.17, 15) is 9.90 Å². The van der Waals surface area contributed by atoms with Crippen molar-refractivity contribution in [3.8, 4) is 5.75 Å². The number of halogens is 1. The van der Waals surface area contributed by atoms with E-state index in [-0.39, 0.29) is 18.7 Å². The lowest BCUT2D eigenvalue weighted by Crippen LogP contribution is -2.46. The largest absolute Gasteiger partial charge is 0.491 e. The first-order valence-corrected chi connectivity index (χ1v) is 8.20. The van der Waals surface area contributed by atoms with E-state index >= 15 is 0 Å². The quantitative estimate of drug-likeness (QED) is 0.910. The van der Waals surface area contributed by atoms with Gasteiger partial charge in [0.15, 0.2) is 0 Å². The summed E-state index contributed by atoms with van der Waals surface area (Å²) in [5.74, 6) is 0.635. The summed E-state index contributed by atoms with van der Waals surface area (Å²) in [5.41, 5.74) is -0.547. The molecule has 1 unspecified atom stereocenters. The average Bonchev–Trinajstić information content (AvgIpc) is 2.94. The molecule has 0 aliphatic carbocycles. The van der Waals surface area contributed by atoms with E-state index in [0.29, 0.717) is 17.3 Å². The van der Waals surface area contributed by atoms with Crippen LogP contribution < -0.4 is 4.74 Å². The highest BCUT2D eigenvalue weighted by Gasteiger charge is 2.36. The third-order valence-electron chi connectivity index (χ3n) is 3.61. The van der Waals surface area contributed by atoms with Crippen LogP contribution in [0.25, 0.3) is 0 Å². The van der Waals surface area contributed by atoms with Gasteiger partial charge in [-0.3, -0.25) is 0 Å². The zero-order valence-corrected chi connectivity index (χ0v) is 14.5. The molecule has 2 atom stereocenters. The molecule has 6 heteroatoms. The SMILES string of the molecule is CC(C)(C)OC(=O)N1CCC[C@H]1C(O)COc1ccc(Cl)cc1. The lowest BCUT2D eigenvalue weighted by atomic mass is 10.1. The number of carbonyl (C=O) groups is 1. The highest BCUT2D eigenvalue weighted by Crippen LogP contribution is 2.24. The number of aliphatic hydroxyl groups excluding tert-OH is 1. The fourth-order valence-corrected chi connectivity index (χ4v) is 2.69. The molecule has 0 spiro atoms. The molecule has 1 fully saturated rings. The second-order valence-electron chi connectivity index (χ2n) is 6.72. The van der Waals surface area contributed by atoms with Gasteiger partial charge in [0.2, 0.25) is 0 Å². The second kappa shape index (κ2) is 7.41. The van der Waals surface area contributed by atoms with E-state index in [1.807, 2.05) is 20.8 Å². The molecule has 1 aromatic rings. The molecule has 5 nitrogen and oxygen atoms in total. The number of aliphatic hydroxyl groups is 1. The Kier molecular flexibility index (Phi) is 5.76. The highest BCUT2D eigenvalue weighted by atomic mass is 35.5. The van der Waals surface area contributed by atoms with Crippen LogP contribution in [0.1, 0.15) is 33.6 Å². The molecule has 23 heavy (non-hydrogen) atoms. The van der Waals surface area contributed by atoms with Crippen LogP contribution in [0.4, 0.5) is 4.79 Å². The standard InChI is InChI=1S/C17H24ClNO4/c1-17(2,3)23-16(21)19-10-4-5-14(19)15(20)11-22-13-8-6-12(18)7-9-13/h6-9,14-15,20H,4-5,10-11H2,1-3H3/t14-,15?/m0/s1. The van der Waals surface area contributed by atoms with Crippen LogP contribution in [-0.2, 0) is 4.74 Å². The lowest BCUT2D eigenvalue weighted by molar-refractivity contribution is -0.00353. The van der Waals surface area contributed by atoms with Gasteiger partial charge in [-0.05, 0) is 57.9 Å². The molecule has 128 valence electrons. The first-order chi connectivity index (χ1) is 10.8. The Morgan fingerprint density at radius 2 is 2.04 bits per heavy atom. The minimum atomic E-state index is -0.763. The van der Waals surface area contributed by atoms with Crippen molar-refractivity contribution in [1.82, 2.24) is 4.90 Å². The summed E-state index contributed by atoms with van der Waals surface area (Å²) < 4.78 is 11.0. The van der Waals surface area contributed by atoms with Crippen molar-refractivity contribution in [3.05, 3.63) is 29.3 Å². The predicted octanol–water partition coefficient (Wildman–Crippen LogP) is 3.48. The molecule has 1 N–H and O–H groups in total. The van der Waals surface area contributed by atoms with Gasteiger partial charge >= 0.3 is 6.09 Å². The maximum atomic E-state index is 12.2. The summed E-state index contributed by atoms with van der Waals surface area (Å²) in [7, 11) is 0. The molecule has 1 heterocycles. The Labute approximate surface area is 142 Å². The molecule has 1 amide bonds. The summed E-state index contributed by atoms with van der Waals surface area (Å²) in [6.07, 6.45) is 0.443. The molecule has 0 saturated carbocycles. The van der Waals surface area contributed by atoms with Crippen molar-refractivity contribution in [1.29, 1.82) is 0 Å². The zero-order chi connectivity index (χ0) is 17.0. The number of amides is 1. The van der Waals surface area contributed by atoms with E-state index in [0.717, 1.165) is 12.8 Å². The summed E-state index contributed by atoms with van der Waals surface area (Å²) >= 11 is 5.82. The molecule has 0 radical (unpaired) electrons. The molecule has 1 aliphatic rings. The molecule has 2 rings (SSSR count). The van der Waals surface area contributed by atoms with E-state index < -0.39 is 11.7 Å². The van der Waals surface area contributed by atoms with Crippen LogP contribution in [0.3, 0.4) is 0 Å². The highest BCUT2D eigenvalue weighted by molar-refractivity contribution is 6.30. The molecule has 0 aromatic heterocycles.